The molecule has 5 nitrogen and oxygen atoms in total. The van der Waals surface area contributed by atoms with E-state index < -0.39 is 5.97 Å². The van der Waals surface area contributed by atoms with E-state index in [4.69, 9.17) is 10.1 Å². The standard InChI is InChI=1S/C13H12N2O3/c1-17-13(16)9-15-12(6-7-18-15)11-5-3-2-4-10(11)8-14/h2-6H,7,9H2,1H3. The third-order valence-corrected chi connectivity index (χ3v) is 2.60. The SMILES string of the molecule is COC(=O)CN1OCC=C1c1ccccc1C#N. The Hall–Kier alpha value is -2.32. The van der Waals surface area contributed by atoms with Gasteiger partial charge in [-0.15, -0.1) is 0 Å². The van der Waals surface area contributed by atoms with Gasteiger partial charge in [-0.3, -0.25) is 9.63 Å². The number of nitrogens with zero attached hydrogens (tertiary/aromatic N) is 2. The number of hydrogen-bond donors (Lipinski definition) is 0. The molecule has 0 atom stereocenters. The zero-order valence-electron chi connectivity index (χ0n) is 9.92. The lowest BCUT2D eigenvalue weighted by atomic mass is 10.1. The van der Waals surface area contributed by atoms with Gasteiger partial charge in [-0.25, -0.2) is 5.06 Å². The number of rotatable bonds is 3. The molecule has 5 heteroatoms. The summed E-state index contributed by atoms with van der Waals surface area (Å²) in [5.41, 5.74) is 2.02. The van der Waals surface area contributed by atoms with E-state index in [0.29, 0.717) is 12.2 Å². The van der Waals surface area contributed by atoms with Crippen molar-refractivity contribution in [1.82, 2.24) is 5.06 Å². The first-order valence-corrected chi connectivity index (χ1v) is 5.43. The normalized spacial score (nSPS) is 14.0. The minimum absolute atomic E-state index is 0.00208. The summed E-state index contributed by atoms with van der Waals surface area (Å²) in [6.07, 6.45) is 1.83. The third kappa shape index (κ3) is 2.34. The number of hydroxylamine groups is 2. The fourth-order valence-electron chi connectivity index (χ4n) is 1.74. The van der Waals surface area contributed by atoms with Crippen LogP contribution >= 0.6 is 0 Å². The monoisotopic (exact) mass is 244 g/mol. The smallest absolute Gasteiger partial charge is 0.327 e. The molecule has 0 spiro atoms. The number of methoxy groups -OCH3 is 1. The van der Waals surface area contributed by atoms with E-state index in [2.05, 4.69) is 10.8 Å². The van der Waals surface area contributed by atoms with E-state index in [-0.39, 0.29) is 6.54 Å². The summed E-state index contributed by atoms with van der Waals surface area (Å²) < 4.78 is 4.60. The van der Waals surface area contributed by atoms with Gasteiger partial charge in [-0.1, -0.05) is 18.2 Å². The van der Waals surface area contributed by atoms with Crippen LogP contribution in [0.1, 0.15) is 11.1 Å². The van der Waals surface area contributed by atoms with E-state index in [9.17, 15) is 4.79 Å². The van der Waals surface area contributed by atoms with Crippen molar-refractivity contribution in [1.29, 1.82) is 5.26 Å². The van der Waals surface area contributed by atoms with Gasteiger partial charge >= 0.3 is 5.97 Å². The van der Waals surface area contributed by atoms with Gasteiger partial charge in [0.2, 0.25) is 0 Å². The predicted octanol–water partition coefficient (Wildman–Crippen LogP) is 1.32. The Morgan fingerprint density at radius 2 is 2.33 bits per heavy atom. The lowest BCUT2D eigenvalue weighted by Gasteiger charge is -2.19. The molecule has 1 aliphatic heterocycles. The van der Waals surface area contributed by atoms with E-state index in [1.165, 1.54) is 12.2 Å². The Kier molecular flexibility index (Phi) is 3.60. The molecular formula is C13H12N2O3. The van der Waals surface area contributed by atoms with Gasteiger partial charge in [-0.05, 0) is 12.1 Å². The van der Waals surface area contributed by atoms with E-state index >= 15 is 0 Å². The maximum atomic E-state index is 11.3. The third-order valence-electron chi connectivity index (χ3n) is 2.60. The fraction of sp³-hybridized carbons (Fsp3) is 0.231. The summed E-state index contributed by atoms with van der Waals surface area (Å²) in [6, 6.07) is 9.30. The van der Waals surface area contributed by atoms with Crippen molar-refractivity contribution in [3.8, 4) is 6.07 Å². The molecule has 18 heavy (non-hydrogen) atoms. The molecule has 1 aliphatic rings. The highest BCUT2D eigenvalue weighted by atomic mass is 16.7. The second-order valence-electron chi connectivity index (χ2n) is 3.66. The molecule has 92 valence electrons. The molecular weight excluding hydrogens is 232 g/mol. The summed E-state index contributed by atoms with van der Waals surface area (Å²) in [4.78, 5) is 16.6. The van der Waals surface area contributed by atoms with Crippen LogP contribution in [0.3, 0.4) is 0 Å². The van der Waals surface area contributed by atoms with Crippen LogP contribution < -0.4 is 0 Å². The second kappa shape index (κ2) is 5.34. The number of benzene rings is 1. The number of carbonyl (C=O) groups excluding carboxylic acids is 1. The minimum Gasteiger partial charge on any atom is -0.468 e. The van der Waals surface area contributed by atoms with Gasteiger partial charge in [0.05, 0.1) is 31.0 Å². The predicted molar refractivity (Wildman–Crippen MR) is 63.8 cm³/mol. The van der Waals surface area contributed by atoms with Crippen molar-refractivity contribution in [2.24, 2.45) is 0 Å². The first kappa shape index (κ1) is 12.1. The van der Waals surface area contributed by atoms with Gasteiger partial charge in [-0.2, -0.15) is 5.26 Å². The highest BCUT2D eigenvalue weighted by Gasteiger charge is 2.22. The Balaban J connectivity index is 2.27. The molecule has 0 aliphatic carbocycles. The quantitative estimate of drug-likeness (QED) is 0.750. The van der Waals surface area contributed by atoms with Gasteiger partial charge in [0.15, 0.2) is 0 Å². The molecule has 0 unspecified atom stereocenters. The number of carbonyl (C=O) groups is 1. The number of hydrogen-bond acceptors (Lipinski definition) is 5. The van der Waals surface area contributed by atoms with Crippen LogP contribution in [0.2, 0.25) is 0 Å². The van der Waals surface area contributed by atoms with E-state index in [1.54, 1.807) is 12.1 Å². The molecule has 0 radical (unpaired) electrons. The highest BCUT2D eigenvalue weighted by molar-refractivity contribution is 5.76. The Morgan fingerprint density at radius 3 is 3.06 bits per heavy atom. The maximum Gasteiger partial charge on any atom is 0.327 e. The fourth-order valence-corrected chi connectivity index (χ4v) is 1.74. The molecule has 0 aromatic heterocycles. The van der Waals surface area contributed by atoms with Crippen molar-refractivity contribution >= 4 is 11.7 Å². The average molecular weight is 244 g/mol. The van der Waals surface area contributed by atoms with Crippen molar-refractivity contribution in [2.45, 2.75) is 0 Å². The number of ether oxygens (including phenoxy) is 1. The van der Waals surface area contributed by atoms with Crippen LogP contribution in [0, 0.1) is 11.3 Å². The maximum absolute atomic E-state index is 11.3. The largest absolute Gasteiger partial charge is 0.468 e. The van der Waals surface area contributed by atoms with Crippen LogP contribution in [-0.2, 0) is 14.4 Å². The molecule has 0 bridgehead atoms. The summed E-state index contributed by atoms with van der Waals surface area (Å²) in [5.74, 6) is -0.391. The number of esters is 1. The van der Waals surface area contributed by atoms with Crippen LogP contribution in [0.15, 0.2) is 30.3 Å². The lowest BCUT2D eigenvalue weighted by molar-refractivity contribution is -0.152. The molecule has 1 heterocycles. The van der Waals surface area contributed by atoms with Crippen LogP contribution in [0.4, 0.5) is 0 Å². The topological polar surface area (TPSA) is 62.6 Å². The van der Waals surface area contributed by atoms with Crippen molar-refractivity contribution < 1.29 is 14.4 Å². The number of nitriles is 1. The van der Waals surface area contributed by atoms with Crippen LogP contribution in [-0.4, -0.2) is 31.3 Å². The van der Waals surface area contributed by atoms with Gasteiger partial charge in [0.25, 0.3) is 0 Å². The zero-order valence-corrected chi connectivity index (χ0v) is 9.92. The van der Waals surface area contributed by atoms with Crippen molar-refractivity contribution in [3.63, 3.8) is 0 Å². The summed E-state index contributed by atoms with van der Waals surface area (Å²) in [7, 11) is 1.32. The molecule has 0 N–H and O–H groups in total. The van der Waals surface area contributed by atoms with Crippen molar-refractivity contribution in [3.05, 3.63) is 41.5 Å². The Morgan fingerprint density at radius 1 is 1.56 bits per heavy atom. The summed E-state index contributed by atoms with van der Waals surface area (Å²) in [6.45, 7) is 0.383. The molecule has 0 amide bonds. The molecule has 0 saturated carbocycles. The molecule has 1 aromatic rings. The molecule has 2 rings (SSSR count). The summed E-state index contributed by atoms with van der Waals surface area (Å²) in [5, 5.41) is 10.5. The zero-order chi connectivity index (χ0) is 13.0. The Bertz CT molecular complexity index is 531. The van der Waals surface area contributed by atoms with Gasteiger partial charge in [0.1, 0.15) is 6.54 Å². The lowest BCUT2D eigenvalue weighted by Crippen LogP contribution is -2.26. The van der Waals surface area contributed by atoms with Gasteiger partial charge in [0, 0.05) is 5.56 Å². The second-order valence-corrected chi connectivity index (χ2v) is 3.66. The molecule has 0 fully saturated rings. The van der Waals surface area contributed by atoms with Crippen LogP contribution in [0.5, 0.6) is 0 Å². The minimum atomic E-state index is -0.391. The van der Waals surface area contributed by atoms with Crippen LogP contribution in [0.25, 0.3) is 5.70 Å². The van der Waals surface area contributed by atoms with E-state index in [1.807, 2.05) is 18.2 Å². The molecule has 1 aromatic carbocycles. The Labute approximate surface area is 105 Å². The first-order valence-electron chi connectivity index (χ1n) is 5.43. The highest BCUT2D eigenvalue weighted by Crippen LogP contribution is 2.26. The summed E-state index contributed by atoms with van der Waals surface area (Å²) >= 11 is 0. The van der Waals surface area contributed by atoms with E-state index in [0.717, 1.165) is 11.3 Å². The van der Waals surface area contributed by atoms with Gasteiger partial charge < -0.3 is 4.74 Å². The average Bonchev–Trinajstić information content (AvgIpc) is 2.86. The van der Waals surface area contributed by atoms with Crippen molar-refractivity contribution in [2.75, 3.05) is 20.3 Å². The first-order chi connectivity index (χ1) is 8.76. The molecule has 0 saturated heterocycles.